The van der Waals surface area contributed by atoms with Gasteiger partial charge >= 0.3 is 0 Å². The van der Waals surface area contributed by atoms with Gasteiger partial charge in [0.2, 0.25) is 0 Å². The molecule has 3 rings (SSSR count). The van der Waals surface area contributed by atoms with Crippen LogP contribution >= 0.6 is 0 Å². The van der Waals surface area contributed by atoms with E-state index in [2.05, 4.69) is 65.8 Å². The predicted molar refractivity (Wildman–Crippen MR) is 133 cm³/mol. The van der Waals surface area contributed by atoms with E-state index < -0.39 is 0 Å². The van der Waals surface area contributed by atoms with Crippen LogP contribution in [0.4, 0.5) is 11.4 Å². The van der Waals surface area contributed by atoms with Crippen LogP contribution in [-0.2, 0) is 6.42 Å². The summed E-state index contributed by atoms with van der Waals surface area (Å²) in [4.78, 5) is 4.77. The molecule has 0 fully saturated rings. The van der Waals surface area contributed by atoms with Crippen LogP contribution in [0.3, 0.4) is 0 Å². The number of anilines is 1. The highest BCUT2D eigenvalue weighted by molar-refractivity contribution is 5.86. The topological polar surface area (TPSA) is 58.6 Å². The number of nitrogens with zero attached hydrogens (tertiary/aromatic N) is 1. The molecule has 162 valence electrons. The third-order valence-corrected chi connectivity index (χ3v) is 5.79. The zero-order valence-electron chi connectivity index (χ0n) is 19.5. The van der Waals surface area contributed by atoms with Crippen LogP contribution in [0.15, 0.2) is 53.5 Å². The minimum atomic E-state index is 0.242. The van der Waals surface area contributed by atoms with Crippen molar-refractivity contribution in [3.05, 3.63) is 87.5 Å². The van der Waals surface area contributed by atoms with E-state index in [9.17, 15) is 5.11 Å². The maximum Gasteiger partial charge on any atom is 0.124 e. The SMILES string of the molecule is Cc1cc(Cc2cc(C)c(/N=C/c3ccccc3O)c(C(C)C)c2)cc(C(C)C)c1N. The van der Waals surface area contributed by atoms with Gasteiger partial charge in [0.1, 0.15) is 5.75 Å². The molecular weight excluding hydrogens is 380 g/mol. The first-order valence-corrected chi connectivity index (χ1v) is 11.0. The Bertz CT molecular complexity index is 1110. The van der Waals surface area contributed by atoms with Crippen molar-refractivity contribution in [2.45, 2.75) is 59.8 Å². The van der Waals surface area contributed by atoms with Crippen molar-refractivity contribution >= 4 is 17.6 Å². The largest absolute Gasteiger partial charge is 0.507 e. The van der Waals surface area contributed by atoms with Crippen LogP contribution in [0.25, 0.3) is 0 Å². The van der Waals surface area contributed by atoms with Crippen LogP contribution in [0, 0.1) is 13.8 Å². The van der Waals surface area contributed by atoms with Crippen molar-refractivity contribution < 1.29 is 5.11 Å². The lowest BCUT2D eigenvalue weighted by Crippen LogP contribution is -2.02. The second-order valence-corrected chi connectivity index (χ2v) is 9.07. The summed E-state index contributed by atoms with van der Waals surface area (Å²) >= 11 is 0. The average molecular weight is 415 g/mol. The lowest BCUT2D eigenvalue weighted by atomic mass is 9.90. The second-order valence-electron chi connectivity index (χ2n) is 9.07. The van der Waals surface area contributed by atoms with Gasteiger partial charge in [0, 0.05) is 17.5 Å². The molecule has 3 aromatic carbocycles. The van der Waals surface area contributed by atoms with Gasteiger partial charge in [-0.05, 0) is 77.6 Å². The van der Waals surface area contributed by atoms with Crippen molar-refractivity contribution in [1.82, 2.24) is 0 Å². The molecule has 0 radical (unpaired) electrons. The summed E-state index contributed by atoms with van der Waals surface area (Å²) in [6, 6.07) is 16.2. The van der Waals surface area contributed by atoms with E-state index in [1.165, 1.54) is 22.3 Å². The van der Waals surface area contributed by atoms with Gasteiger partial charge in [-0.1, -0.05) is 64.1 Å². The number of aliphatic imine (C=N–C) groups is 1. The molecule has 3 aromatic rings. The predicted octanol–water partition coefficient (Wildman–Crippen LogP) is 7.18. The number of nitrogens with two attached hydrogens (primary N) is 1. The summed E-state index contributed by atoms with van der Waals surface area (Å²) in [5.41, 5.74) is 16.2. The van der Waals surface area contributed by atoms with Crippen LogP contribution < -0.4 is 5.73 Å². The van der Waals surface area contributed by atoms with Crippen molar-refractivity contribution in [2.75, 3.05) is 5.73 Å². The summed E-state index contributed by atoms with van der Waals surface area (Å²) in [6.07, 6.45) is 2.62. The monoisotopic (exact) mass is 414 g/mol. The number of phenols is 1. The number of rotatable bonds is 6. The van der Waals surface area contributed by atoms with Crippen molar-refractivity contribution in [3.63, 3.8) is 0 Å². The van der Waals surface area contributed by atoms with Crippen LogP contribution in [0.5, 0.6) is 5.75 Å². The molecule has 0 aromatic heterocycles. The molecule has 0 unspecified atom stereocenters. The first-order valence-electron chi connectivity index (χ1n) is 11.0. The van der Waals surface area contributed by atoms with E-state index in [0.717, 1.165) is 34.5 Å². The van der Waals surface area contributed by atoms with Crippen LogP contribution in [0.1, 0.15) is 78.5 Å². The van der Waals surface area contributed by atoms with Crippen molar-refractivity contribution in [1.29, 1.82) is 0 Å². The number of aryl methyl sites for hydroxylation is 2. The maximum absolute atomic E-state index is 10.0. The van der Waals surface area contributed by atoms with E-state index in [-0.39, 0.29) is 5.75 Å². The molecule has 0 saturated carbocycles. The van der Waals surface area contributed by atoms with Gasteiger partial charge in [-0.25, -0.2) is 0 Å². The highest BCUT2D eigenvalue weighted by atomic mass is 16.3. The Morgan fingerprint density at radius 3 is 2.06 bits per heavy atom. The van der Waals surface area contributed by atoms with E-state index in [1.54, 1.807) is 12.3 Å². The fourth-order valence-electron chi connectivity index (χ4n) is 4.05. The maximum atomic E-state index is 10.0. The molecule has 0 aliphatic carbocycles. The molecular formula is C28H34N2O. The van der Waals surface area contributed by atoms with E-state index in [1.807, 2.05) is 18.2 Å². The van der Waals surface area contributed by atoms with Gasteiger partial charge in [-0.15, -0.1) is 0 Å². The summed E-state index contributed by atoms with van der Waals surface area (Å²) in [6.45, 7) is 13.0. The number of phenolic OH excluding ortho intramolecular Hbond substituents is 1. The molecule has 0 bridgehead atoms. The first kappa shape index (κ1) is 22.6. The third kappa shape index (κ3) is 5.16. The molecule has 0 heterocycles. The lowest BCUT2D eigenvalue weighted by molar-refractivity contribution is 0.474. The lowest BCUT2D eigenvalue weighted by Gasteiger charge is -2.17. The van der Waals surface area contributed by atoms with Crippen LogP contribution in [-0.4, -0.2) is 11.3 Å². The smallest absolute Gasteiger partial charge is 0.124 e. The van der Waals surface area contributed by atoms with Gasteiger partial charge in [0.25, 0.3) is 0 Å². The highest BCUT2D eigenvalue weighted by Crippen LogP contribution is 2.34. The Morgan fingerprint density at radius 1 is 0.871 bits per heavy atom. The summed E-state index contributed by atoms with van der Waals surface area (Å²) < 4.78 is 0. The zero-order valence-corrected chi connectivity index (χ0v) is 19.5. The third-order valence-electron chi connectivity index (χ3n) is 5.79. The molecule has 0 amide bonds. The summed E-state index contributed by atoms with van der Waals surface area (Å²) in [5, 5.41) is 10.0. The van der Waals surface area contributed by atoms with Crippen LogP contribution in [0.2, 0.25) is 0 Å². The van der Waals surface area contributed by atoms with Gasteiger partial charge in [-0.3, -0.25) is 4.99 Å². The number of benzene rings is 3. The molecule has 0 aliphatic rings. The Kier molecular flexibility index (Phi) is 6.84. The number of hydrogen-bond acceptors (Lipinski definition) is 3. The van der Waals surface area contributed by atoms with E-state index in [4.69, 9.17) is 10.7 Å². The van der Waals surface area contributed by atoms with Gasteiger partial charge in [0.05, 0.1) is 5.69 Å². The molecule has 0 atom stereocenters. The second kappa shape index (κ2) is 9.38. The van der Waals surface area contributed by atoms with E-state index >= 15 is 0 Å². The Morgan fingerprint density at radius 2 is 1.45 bits per heavy atom. The van der Waals surface area contributed by atoms with Crippen molar-refractivity contribution in [3.8, 4) is 5.75 Å². The number of para-hydroxylation sites is 1. The molecule has 0 spiro atoms. The van der Waals surface area contributed by atoms with Gasteiger partial charge in [-0.2, -0.15) is 0 Å². The summed E-state index contributed by atoms with van der Waals surface area (Å²) in [5.74, 6) is 0.985. The Hall–Kier alpha value is -3.07. The molecule has 0 aliphatic heterocycles. The minimum Gasteiger partial charge on any atom is -0.507 e. The molecule has 3 N–H and O–H groups in total. The summed E-state index contributed by atoms with van der Waals surface area (Å²) in [7, 11) is 0. The normalized spacial score (nSPS) is 11.7. The number of nitrogen functional groups attached to an aromatic ring is 1. The van der Waals surface area contributed by atoms with Crippen molar-refractivity contribution in [2.24, 2.45) is 4.99 Å². The Labute approximate surface area is 186 Å². The standard InChI is InChI=1S/C28H34N2O/c1-17(2)24-14-21(11-19(5)27(24)29)13-22-12-20(6)28(25(15-22)18(3)4)30-16-23-9-7-8-10-26(23)31/h7-12,14-18,31H,13,29H2,1-6H3/b30-16+. The highest BCUT2D eigenvalue weighted by Gasteiger charge is 2.13. The number of hydrogen-bond donors (Lipinski definition) is 2. The molecule has 3 nitrogen and oxygen atoms in total. The quantitative estimate of drug-likeness (QED) is 0.331. The molecule has 0 saturated heterocycles. The van der Waals surface area contributed by atoms with Gasteiger partial charge < -0.3 is 10.8 Å². The average Bonchev–Trinajstić information content (AvgIpc) is 2.70. The number of aromatic hydroxyl groups is 1. The molecule has 31 heavy (non-hydrogen) atoms. The fraction of sp³-hybridized carbons (Fsp3) is 0.321. The van der Waals surface area contributed by atoms with E-state index in [0.29, 0.717) is 11.8 Å². The molecule has 3 heteroatoms. The minimum absolute atomic E-state index is 0.242. The first-order chi connectivity index (χ1) is 14.7. The Balaban J connectivity index is 1.99. The zero-order chi connectivity index (χ0) is 22.7. The fourth-order valence-corrected chi connectivity index (χ4v) is 4.05. The van der Waals surface area contributed by atoms with Gasteiger partial charge in [0.15, 0.2) is 0 Å².